The molecule has 7 heteroatoms. The summed E-state index contributed by atoms with van der Waals surface area (Å²) in [4.78, 5) is 25.3. The number of carbonyl (C=O) groups excluding carboxylic acids is 2. The van der Waals surface area contributed by atoms with Gasteiger partial charge in [0.2, 0.25) is 0 Å². The molecule has 1 heterocycles. The highest BCUT2D eigenvalue weighted by Crippen LogP contribution is 2.09. The molecule has 0 bridgehead atoms. The van der Waals surface area contributed by atoms with E-state index in [0.29, 0.717) is 0 Å². The second-order valence-electron chi connectivity index (χ2n) is 4.99. The Morgan fingerprint density at radius 3 is 2.55 bits per heavy atom. The first-order valence-electron chi connectivity index (χ1n) is 6.88. The molecule has 0 saturated heterocycles. The van der Waals surface area contributed by atoms with Crippen molar-refractivity contribution >= 4 is 11.9 Å². The smallest absolute Gasteiger partial charge is 0.325 e. The molecule has 0 atom stereocenters. The molecule has 116 valence electrons. The number of para-hydroxylation sites is 1. The van der Waals surface area contributed by atoms with Crippen molar-refractivity contribution in [2.45, 2.75) is 19.9 Å². The van der Waals surface area contributed by atoms with Crippen LogP contribution in [0.4, 0.5) is 0 Å². The molecule has 0 aliphatic rings. The van der Waals surface area contributed by atoms with Gasteiger partial charge in [-0.15, -0.1) is 5.10 Å². The van der Waals surface area contributed by atoms with Gasteiger partial charge in [-0.3, -0.25) is 9.59 Å². The third-order valence-electron chi connectivity index (χ3n) is 3.14. The van der Waals surface area contributed by atoms with Gasteiger partial charge in [-0.25, -0.2) is 4.68 Å². The van der Waals surface area contributed by atoms with Crippen molar-refractivity contribution in [1.29, 1.82) is 0 Å². The SMILES string of the molecule is COC(=O)CN(C(=O)c1cn(-c2ccccc2)nn1)C(C)C. The van der Waals surface area contributed by atoms with Crippen LogP contribution in [0.2, 0.25) is 0 Å². The Bertz CT molecular complexity index is 652. The van der Waals surface area contributed by atoms with E-state index in [-0.39, 0.29) is 24.2 Å². The molecular formula is C15H18N4O3. The Morgan fingerprint density at radius 2 is 1.95 bits per heavy atom. The van der Waals surface area contributed by atoms with E-state index in [1.807, 2.05) is 44.2 Å². The number of nitrogens with zero attached hydrogens (tertiary/aromatic N) is 4. The predicted molar refractivity (Wildman–Crippen MR) is 79.5 cm³/mol. The largest absolute Gasteiger partial charge is 0.468 e. The number of methoxy groups -OCH3 is 1. The van der Waals surface area contributed by atoms with Crippen molar-refractivity contribution in [2.75, 3.05) is 13.7 Å². The van der Waals surface area contributed by atoms with Crippen LogP contribution in [0, 0.1) is 0 Å². The Balaban J connectivity index is 2.21. The summed E-state index contributed by atoms with van der Waals surface area (Å²) in [5.74, 6) is -0.833. The van der Waals surface area contributed by atoms with E-state index in [0.717, 1.165) is 5.69 Å². The number of rotatable bonds is 5. The third-order valence-corrected chi connectivity index (χ3v) is 3.14. The molecule has 22 heavy (non-hydrogen) atoms. The fraction of sp³-hybridized carbons (Fsp3) is 0.333. The number of hydrogen-bond donors (Lipinski definition) is 0. The van der Waals surface area contributed by atoms with Crippen LogP contribution < -0.4 is 0 Å². The monoisotopic (exact) mass is 302 g/mol. The lowest BCUT2D eigenvalue weighted by molar-refractivity contribution is -0.141. The maximum Gasteiger partial charge on any atom is 0.325 e. The van der Waals surface area contributed by atoms with Gasteiger partial charge in [0.15, 0.2) is 5.69 Å². The highest BCUT2D eigenvalue weighted by atomic mass is 16.5. The van der Waals surface area contributed by atoms with Crippen LogP contribution in [0.1, 0.15) is 24.3 Å². The van der Waals surface area contributed by atoms with E-state index in [1.165, 1.54) is 16.7 Å². The number of benzene rings is 1. The van der Waals surface area contributed by atoms with Gasteiger partial charge in [0.05, 0.1) is 19.0 Å². The highest BCUT2D eigenvalue weighted by Gasteiger charge is 2.24. The topological polar surface area (TPSA) is 77.3 Å². The minimum Gasteiger partial charge on any atom is -0.468 e. The fourth-order valence-electron chi connectivity index (χ4n) is 1.91. The number of amides is 1. The van der Waals surface area contributed by atoms with E-state index >= 15 is 0 Å². The van der Waals surface area contributed by atoms with Crippen LogP contribution in [0.15, 0.2) is 36.5 Å². The molecule has 0 radical (unpaired) electrons. The molecule has 0 saturated carbocycles. The summed E-state index contributed by atoms with van der Waals surface area (Å²) in [6.07, 6.45) is 1.55. The van der Waals surface area contributed by atoms with Crippen LogP contribution in [0.5, 0.6) is 0 Å². The number of aromatic nitrogens is 3. The molecule has 2 aromatic rings. The lowest BCUT2D eigenvalue weighted by atomic mass is 10.2. The quantitative estimate of drug-likeness (QED) is 0.778. The van der Waals surface area contributed by atoms with Crippen LogP contribution in [0.3, 0.4) is 0 Å². The van der Waals surface area contributed by atoms with Gasteiger partial charge in [-0.1, -0.05) is 23.4 Å². The molecule has 1 amide bonds. The van der Waals surface area contributed by atoms with Crippen molar-refractivity contribution in [1.82, 2.24) is 19.9 Å². The van der Waals surface area contributed by atoms with Crippen molar-refractivity contribution in [3.05, 3.63) is 42.2 Å². The normalized spacial score (nSPS) is 10.5. The lowest BCUT2D eigenvalue weighted by Gasteiger charge is -2.24. The summed E-state index contributed by atoms with van der Waals surface area (Å²) >= 11 is 0. The zero-order chi connectivity index (χ0) is 16.1. The van der Waals surface area contributed by atoms with E-state index in [1.54, 1.807) is 6.20 Å². The molecule has 2 rings (SSSR count). The summed E-state index contributed by atoms with van der Waals surface area (Å²) in [5.41, 5.74) is 0.986. The van der Waals surface area contributed by atoms with Crippen LogP contribution in [-0.4, -0.2) is 51.5 Å². The zero-order valence-electron chi connectivity index (χ0n) is 12.8. The third kappa shape index (κ3) is 3.49. The van der Waals surface area contributed by atoms with Gasteiger partial charge in [0, 0.05) is 6.04 Å². The van der Waals surface area contributed by atoms with E-state index in [2.05, 4.69) is 15.0 Å². The first-order chi connectivity index (χ1) is 10.5. The maximum atomic E-state index is 12.5. The molecule has 7 nitrogen and oxygen atoms in total. The summed E-state index contributed by atoms with van der Waals surface area (Å²) in [6.45, 7) is 3.52. The van der Waals surface area contributed by atoms with Crippen molar-refractivity contribution in [3.63, 3.8) is 0 Å². The molecule has 0 aliphatic heterocycles. The first-order valence-corrected chi connectivity index (χ1v) is 6.88. The Labute approximate surface area is 128 Å². The van der Waals surface area contributed by atoms with Crippen LogP contribution in [-0.2, 0) is 9.53 Å². The molecular weight excluding hydrogens is 284 g/mol. The zero-order valence-corrected chi connectivity index (χ0v) is 12.8. The van der Waals surface area contributed by atoms with Crippen LogP contribution in [0.25, 0.3) is 5.69 Å². The fourth-order valence-corrected chi connectivity index (χ4v) is 1.91. The molecule has 0 fully saturated rings. The average Bonchev–Trinajstić information content (AvgIpc) is 3.02. The molecule has 1 aromatic carbocycles. The van der Waals surface area contributed by atoms with Gasteiger partial charge >= 0.3 is 5.97 Å². The van der Waals surface area contributed by atoms with Gasteiger partial charge in [-0.2, -0.15) is 0 Å². The Hall–Kier alpha value is -2.70. The Kier molecular flexibility index (Phi) is 4.88. The minimum absolute atomic E-state index is 0.120. The Morgan fingerprint density at radius 1 is 1.27 bits per heavy atom. The lowest BCUT2D eigenvalue weighted by Crippen LogP contribution is -2.41. The number of hydrogen-bond acceptors (Lipinski definition) is 5. The summed E-state index contributed by atoms with van der Waals surface area (Å²) in [6, 6.07) is 9.19. The highest BCUT2D eigenvalue weighted by molar-refractivity contribution is 5.94. The second-order valence-corrected chi connectivity index (χ2v) is 4.99. The molecule has 0 aliphatic carbocycles. The summed E-state index contributed by atoms with van der Waals surface area (Å²) < 4.78 is 6.14. The van der Waals surface area contributed by atoms with Crippen molar-refractivity contribution in [3.8, 4) is 5.69 Å². The van der Waals surface area contributed by atoms with E-state index in [4.69, 9.17) is 0 Å². The standard InChI is InChI=1S/C15H18N4O3/c1-11(2)18(10-14(20)22-3)15(21)13-9-19(17-16-13)12-7-5-4-6-8-12/h4-9,11H,10H2,1-3H3. The molecule has 0 spiro atoms. The maximum absolute atomic E-state index is 12.5. The average molecular weight is 302 g/mol. The van der Waals surface area contributed by atoms with Crippen molar-refractivity contribution < 1.29 is 14.3 Å². The minimum atomic E-state index is -0.475. The summed E-state index contributed by atoms with van der Waals surface area (Å²) in [5, 5.41) is 7.85. The van der Waals surface area contributed by atoms with Gasteiger partial charge in [0.25, 0.3) is 5.91 Å². The van der Waals surface area contributed by atoms with E-state index in [9.17, 15) is 9.59 Å². The second kappa shape index (κ2) is 6.84. The van der Waals surface area contributed by atoms with Crippen LogP contribution >= 0.6 is 0 Å². The molecule has 0 N–H and O–H groups in total. The molecule has 1 aromatic heterocycles. The summed E-state index contributed by atoms with van der Waals surface area (Å²) in [7, 11) is 1.29. The molecule has 0 unspecified atom stereocenters. The van der Waals surface area contributed by atoms with Gasteiger partial charge in [-0.05, 0) is 26.0 Å². The number of carbonyl (C=O) groups is 2. The number of ether oxygens (including phenoxy) is 1. The van der Waals surface area contributed by atoms with Gasteiger partial charge < -0.3 is 9.64 Å². The first kappa shape index (κ1) is 15.7. The van der Waals surface area contributed by atoms with E-state index < -0.39 is 5.97 Å². The number of esters is 1. The predicted octanol–water partition coefficient (Wildman–Crippen LogP) is 1.29. The van der Waals surface area contributed by atoms with Crippen molar-refractivity contribution in [2.24, 2.45) is 0 Å². The van der Waals surface area contributed by atoms with Gasteiger partial charge in [0.1, 0.15) is 6.54 Å².